The third-order valence-corrected chi connectivity index (χ3v) is 9.49. The molecule has 0 bridgehead atoms. The van der Waals surface area contributed by atoms with Crippen LogP contribution in [0.4, 0.5) is 0 Å². The predicted octanol–water partition coefficient (Wildman–Crippen LogP) is 10.8. The summed E-state index contributed by atoms with van der Waals surface area (Å²) in [5.74, 6) is 4.03. The molecular formula is C37H71NO2. The average Bonchev–Trinajstić information content (AvgIpc) is 3.87. The Bertz CT molecular complexity index is 607. The van der Waals surface area contributed by atoms with Crippen molar-refractivity contribution in [1.82, 2.24) is 4.90 Å². The van der Waals surface area contributed by atoms with Gasteiger partial charge < -0.3 is 14.7 Å². The number of allylic oxidation sites excluding steroid dienone is 2. The fourth-order valence-corrected chi connectivity index (χ4v) is 6.55. The van der Waals surface area contributed by atoms with E-state index in [2.05, 4.69) is 25.8 Å². The third-order valence-electron chi connectivity index (χ3n) is 9.49. The van der Waals surface area contributed by atoms with Gasteiger partial charge in [0.25, 0.3) is 0 Å². The van der Waals surface area contributed by atoms with Crippen LogP contribution in [0.2, 0.25) is 0 Å². The van der Waals surface area contributed by atoms with E-state index >= 15 is 0 Å². The Morgan fingerprint density at radius 3 is 1.98 bits per heavy atom. The van der Waals surface area contributed by atoms with Gasteiger partial charge in [-0.05, 0) is 95.2 Å². The maximum atomic E-state index is 9.14. The Labute approximate surface area is 251 Å². The van der Waals surface area contributed by atoms with Crippen LogP contribution in [0.15, 0.2) is 11.3 Å². The molecule has 0 saturated heterocycles. The Morgan fingerprint density at radius 1 is 0.750 bits per heavy atom. The highest BCUT2D eigenvalue weighted by atomic mass is 16.5. The lowest BCUT2D eigenvalue weighted by Gasteiger charge is -2.25. The minimum absolute atomic E-state index is 0.329. The van der Waals surface area contributed by atoms with Crippen molar-refractivity contribution in [2.45, 2.75) is 174 Å². The van der Waals surface area contributed by atoms with Crippen molar-refractivity contribution in [1.29, 1.82) is 0 Å². The van der Waals surface area contributed by atoms with Crippen LogP contribution in [0.3, 0.4) is 0 Å². The Kier molecular flexibility index (Phi) is 21.4. The van der Waals surface area contributed by atoms with E-state index in [1.54, 1.807) is 5.57 Å². The van der Waals surface area contributed by atoms with E-state index in [0.29, 0.717) is 12.5 Å². The minimum atomic E-state index is 0.329. The molecule has 2 aliphatic rings. The minimum Gasteiger partial charge on any atom is -0.498 e. The highest BCUT2D eigenvalue weighted by Gasteiger charge is 2.26. The quantitative estimate of drug-likeness (QED) is 0.0699. The van der Waals surface area contributed by atoms with Gasteiger partial charge in [0.1, 0.15) is 0 Å². The summed E-state index contributed by atoms with van der Waals surface area (Å²) in [5, 5.41) is 9.14. The summed E-state index contributed by atoms with van der Waals surface area (Å²) in [5.41, 5.74) is 1.66. The topological polar surface area (TPSA) is 32.7 Å². The highest BCUT2D eigenvalue weighted by Crippen LogP contribution is 2.39. The number of aliphatic hydroxyl groups is 1. The molecule has 0 aromatic carbocycles. The molecule has 2 rings (SSSR count). The van der Waals surface area contributed by atoms with Crippen LogP contribution in [-0.4, -0.2) is 43.4 Å². The first-order valence-electron chi connectivity index (χ1n) is 18.3. The average molecular weight is 562 g/mol. The Balaban J connectivity index is 1.75. The van der Waals surface area contributed by atoms with Crippen molar-refractivity contribution in [2.24, 2.45) is 17.8 Å². The van der Waals surface area contributed by atoms with Crippen molar-refractivity contribution in [3.63, 3.8) is 0 Å². The zero-order valence-corrected chi connectivity index (χ0v) is 27.5. The van der Waals surface area contributed by atoms with Gasteiger partial charge in [0.2, 0.25) is 0 Å². The summed E-state index contributed by atoms with van der Waals surface area (Å²) >= 11 is 0. The van der Waals surface area contributed by atoms with E-state index < -0.39 is 0 Å². The number of aliphatic hydroxyl groups excluding tert-OH is 1. The number of hydrogen-bond donors (Lipinski definition) is 1. The predicted molar refractivity (Wildman–Crippen MR) is 175 cm³/mol. The standard InChI is InChI=1S/C37H71NO2/c1-4-6-8-10-11-13-24-35(23-12-9-7-5-2)37(36-27-28-36)40-31-19-16-22-34(21-15-14-20-33-25-26-33)32-38(3)29-17-18-30-39/h33-35,39H,4-32H2,1-3H3. The molecule has 0 aromatic rings. The van der Waals surface area contributed by atoms with Crippen molar-refractivity contribution in [2.75, 3.05) is 33.4 Å². The maximum absolute atomic E-state index is 9.14. The third kappa shape index (κ3) is 18.8. The first-order valence-corrected chi connectivity index (χ1v) is 18.3. The molecular weight excluding hydrogens is 490 g/mol. The summed E-state index contributed by atoms with van der Waals surface area (Å²) < 4.78 is 6.69. The van der Waals surface area contributed by atoms with Crippen LogP contribution in [0, 0.1) is 17.8 Å². The SMILES string of the molecule is CCCCCCCCC(CCCCCC)C(OCCCCC(CCCCC1CC1)CN(C)CCCCO)=C1CC1. The second kappa shape index (κ2) is 24.0. The maximum Gasteiger partial charge on any atom is 0.0982 e. The number of rotatable bonds is 30. The molecule has 2 atom stereocenters. The van der Waals surface area contributed by atoms with Crippen molar-refractivity contribution in [3.8, 4) is 0 Å². The highest BCUT2D eigenvalue weighted by molar-refractivity contribution is 5.23. The number of unbranched alkanes of at least 4 members (excludes halogenated alkanes) is 11. The van der Waals surface area contributed by atoms with Crippen LogP contribution >= 0.6 is 0 Å². The molecule has 0 aromatic heterocycles. The van der Waals surface area contributed by atoms with E-state index in [0.717, 1.165) is 37.8 Å². The molecule has 40 heavy (non-hydrogen) atoms. The van der Waals surface area contributed by atoms with Crippen molar-refractivity contribution >= 4 is 0 Å². The van der Waals surface area contributed by atoms with E-state index in [1.165, 1.54) is 160 Å². The van der Waals surface area contributed by atoms with Gasteiger partial charge in [-0.15, -0.1) is 0 Å². The number of nitrogens with zero attached hydrogens (tertiary/aromatic N) is 1. The summed E-state index contributed by atoms with van der Waals surface area (Å²) in [6.45, 7) is 8.24. The molecule has 0 spiro atoms. The molecule has 0 aliphatic heterocycles. The fourth-order valence-electron chi connectivity index (χ4n) is 6.55. The van der Waals surface area contributed by atoms with Gasteiger partial charge in [-0.3, -0.25) is 0 Å². The molecule has 2 unspecified atom stereocenters. The Hall–Kier alpha value is -0.540. The van der Waals surface area contributed by atoms with Crippen LogP contribution in [-0.2, 0) is 4.74 Å². The van der Waals surface area contributed by atoms with Gasteiger partial charge in [-0.25, -0.2) is 0 Å². The normalized spacial score (nSPS) is 16.5. The molecule has 2 saturated carbocycles. The van der Waals surface area contributed by atoms with Crippen LogP contribution in [0.5, 0.6) is 0 Å². The summed E-state index contributed by atoms with van der Waals surface area (Å²) in [7, 11) is 2.29. The van der Waals surface area contributed by atoms with E-state index in [-0.39, 0.29) is 0 Å². The van der Waals surface area contributed by atoms with Crippen LogP contribution in [0.25, 0.3) is 0 Å². The van der Waals surface area contributed by atoms with Gasteiger partial charge in [-0.2, -0.15) is 0 Å². The molecule has 2 fully saturated rings. The lowest BCUT2D eigenvalue weighted by atomic mass is 9.92. The van der Waals surface area contributed by atoms with E-state index in [4.69, 9.17) is 9.84 Å². The van der Waals surface area contributed by atoms with Gasteiger partial charge in [0.15, 0.2) is 0 Å². The van der Waals surface area contributed by atoms with E-state index in [9.17, 15) is 0 Å². The monoisotopic (exact) mass is 562 g/mol. The number of ether oxygens (including phenoxy) is 1. The van der Waals surface area contributed by atoms with Gasteiger partial charge in [0, 0.05) is 19.1 Å². The van der Waals surface area contributed by atoms with E-state index in [1.807, 2.05) is 0 Å². The fraction of sp³-hybridized carbons (Fsp3) is 0.946. The Morgan fingerprint density at radius 2 is 1.35 bits per heavy atom. The summed E-state index contributed by atoms with van der Waals surface area (Å²) in [6, 6.07) is 0. The number of hydrogen-bond acceptors (Lipinski definition) is 3. The van der Waals surface area contributed by atoms with Gasteiger partial charge in [-0.1, -0.05) is 110 Å². The van der Waals surface area contributed by atoms with Gasteiger partial charge >= 0.3 is 0 Å². The molecule has 0 radical (unpaired) electrons. The zero-order valence-electron chi connectivity index (χ0n) is 27.5. The summed E-state index contributed by atoms with van der Waals surface area (Å²) in [6.07, 6.45) is 33.8. The molecule has 3 heteroatoms. The second-order valence-corrected chi connectivity index (χ2v) is 13.7. The lowest BCUT2D eigenvalue weighted by Crippen LogP contribution is -2.27. The smallest absolute Gasteiger partial charge is 0.0982 e. The molecule has 3 nitrogen and oxygen atoms in total. The van der Waals surface area contributed by atoms with Gasteiger partial charge in [0.05, 0.1) is 12.4 Å². The van der Waals surface area contributed by atoms with Crippen molar-refractivity contribution in [3.05, 3.63) is 11.3 Å². The first-order chi connectivity index (χ1) is 19.7. The molecule has 2 aliphatic carbocycles. The largest absolute Gasteiger partial charge is 0.498 e. The van der Waals surface area contributed by atoms with Crippen LogP contribution < -0.4 is 0 Å². The summed E-state index contributed by atoms with van der Waals surface area (Å²) in [4.78, 5) is 2.53. The molecule has 1 N–H and O–H groups in total. The lowest BCUT2D eigenvalue weighted by molar-refractivity contribution is 0.157. The molecule has 0 heterocycles. The first kappa shape index (κ1) is 35.7. The molecule has 236 valence electrons. The zero-order chi connectivity index (χ0) is 28.7. The molecule has 0 amide bonds. The second-order valence-electron chi connectivity index (χ2n) is 13.7. The van der Waals surface area contributed by atoms with Crippen molar-refractivity contribution < 1.29 is 9.84 Å². The van der Waals surface area contributed by atoms with Crippen LogP contribution in [0.1, 0.15) is 174 Å².